The predicted molar refractivity (Wildman–Crippen MR) is 73.9 cm³/mol. The van der Waals surface area contributed by atoms with Crippen molar-refractivity contribution >= 4 is 29.4 Å². The predicted octanol–water partition coefficient (Wildman–Crippen LogP) is 2.98. The van der Waals surface area contributed by atoms with E-state index in [9.17, 15) is 9.59 Å². The molecule has 1 amide bonds. The first kappa shape index (κ1) is 13.4. The van der Waals surface area contributed by atoms with Crippen molar-refractivity contribution in [2.24, 2.45) is 0 Å². The standard InChI is InChI=1S/C13H14N2O3S/c1-2-18-13(17)14-11-5-7-19-12(11)8-15-6-3-4-10(15)9-16/h3-7,9H,2,8H2,1H3,(H,14,17). The van der Waals surface area contributed by atoms with Crippen molar-refractivity contribution in [2.45, 2.75) is 13.5 Å². The van der Waals surface area contributed by atoms with Gasteiger partial charge in [-0.3, -0.25) is 10.1 Å². The molecule has 2 heterocycles. The molecule has 100 valence electrons. The molecular formula is C13H14N2O3S. The SMILES string of the molecule is CCOC(=O)Nc1ccsc1Cn1cccc1C=O. The number of thiophene rings is 1. The number of ether oxygens (including phenoxy) is 1. The topological polar surface area (TPSA) is 60.3 Å². The van der Waals surface area contributed by atoms with E-state index in [1.54, 1.807) is 13.0 Å². The molecule has 1 N–H and O–H groups in total. The van der Waals surface area contributed by atoms with E-state index in [1.807, 2.05) is 28.3 Å². The lowest BCUT2D eigenvalue weighted by atomic mass is 10.3. The third kappa shape index (κ3) is 3.23. The Bertz CT molecular complexity index is 574. The van der Waals surface area contributed by atoms with Gasteiger partial charge in [0, 0.05) is 11.1 Å². The maximum atomic E-state index is 11.4. The highest BCUT2D eigenvalue weighted by Gasteiger charge is 2.10. The minimum absolute atomic E-state index is 0.332. The highest BCUT2D eigenvalue weighted by molar-refractivity contribution is 7.10. The van der Waals surface area contributed by atoms with E-state index in [4.69, 9.17) is 4.74 Å². The number of nitrogens with zero attached hydrogens (tertiary/aromatic N) is 1. The van der Waals surface area contributed by atoms with Crippen molar-refractivity contribution in [1.29, 1.82) is 0 Å². The molecule has 0 saturated carbocycles. The van der Waals surface area contributed by atoms with Crippen LogP contribution in [-0.2, 0) is 11.3 Å². The molecule has 0 aliphatic heterocycles. The molecule has 0 aromatic carbocycles. The summed E-state index contributed by atoms with van der Waals surface area (Å²) in [5.74, 6) is 0. The number of nitrogens with one attached hydrogen (secondary N) is 1. The summed E-state index contributed by atoms with van der Waals surface area (Å²) < 4.78 is 6.67. The third-order valence-corrected chi connectivity index (χ3v) is 3.46. The Morgan fingerprint density at radius 3 is 3.11 bits per heavy atom. The monoisotopic (exact) mass is 278 g/mol. The van der Waals surface area contributed by atoms with Crippen LogP contribution in [0.3, 0.4) is 0 Å². The van der Waals surface area contributed by atoms with Crippen LogP contribution >= 0.6 is 11.3 Å². The Morgan fingerprint density at radius 2 is 2.37 bits per heavy atom. The number of rotatable bonds is 5. The Labute approximate surface area is 114 Å². The summed E-state index contributed by atoms with van der Waals surface area (Å²) in [6.45, 7) is 2.63. The number of aldehydes is 1. The largest absolute Gasteiger partial charge is 0.450 e. The van der Waals surface area contributed by atoms with Crippen LogP contribution in [0.5, 0.6) is 0 Å². The normalized spacial score (nSPS) is 10.2. The molecule has 0 bridgehead atoms. The summed E-state index contributed by atoms with van der Waals surface area (Å²) in [5, 5.41) is 4.58. The molecule has 0 unspecified atom stereocenters. The maximum Gasteiger partial charge on any atom is 0.411 e. The minimum atomic E-state index is -0.467. The van der Waals surface area contributed by atoms with E-state index in [1.165, 1.54) is 11.3 Å². The summed E-state index contributed by atoms with van der Waals surface area (Å²) in [7, 11) is 0. The number of carbonyl (C=O) groups excluding carboxylic acids is 2. The third-order valence-electron chi connectivity index (χ3n) is 2.56. The van der Waals surface area contributed by atoms with Gasteiger partial charge in [0.2, 0.25) is 0 Å². The molecule has 19 heavy (non-hydrogen) atoms. The Kier molecular flexibility index (Phi) is 4.35. The lowest BCUT2D eigenvalue weighted by Gasteiger charge is -2.08. The Morgan fingerprint density at radius 1 is 1.53 bits per heavy atom. The second kappa shape index (κ2) is 6.19. The fourth-order valence-electron chi connectivity index (χ4n) is 1.68. The van der Waals surface area contributed by atoms with Gasteiger partial charge in [0.05, 0.1) is 24.5 Å². The molecule has 0 saturated heterocycles. The molecule has 2 rings (SSSR count). The molecule has 0 fully saturated rings. The van der Waals surface area contributed by atoms with Gasteiger partial charge in [-0.05, 0) is 30.5 Å². The van der Waals surface area contributed by atoms with Crippen LogP contribution in [0.4, 0.5) is 10.5 Å². The first-order valence-corrected chi connectivity index (χ1v) is 6.73. The smallest absolute Gasteiger partial charge is 0.411 e. The highest BCUT2D eigenvalue weighted by Crippen LogP contribution is 2.24. The molecule has 0 spiro atoms. The molecule has 2 aromatic heterocycles. The molecule has 0 aliphatic carbocycles. The quantitative estimate of drug-likeness (QED) is 0.855. The number of amides is 1. The Balaban J connectivity index is 2.11. The van der Waals surface area contributed by atoms with E-state index in [2.05, 4.69) is 5.32 Å². The summed E-state index contributed by atoms with van der Waals surface area (Å²) >= 11 is 1.52. The van der Waals surface area contributed by atoms with Crippen molar-refractivity contribution in [2.75, 3.05) is 11.9 Å². The molecule has 0 aliphatic rings. The van der Waals surface area contributed by atoms with Gasteiger partial charge in [-0.1, -0.05) is 0 Å². The molecule has 0 atom stereocenters. The number of anilines is 1. The number of hydrogen-bond acceptors (Lipinski definition) is 4. The number of hydrogen-bond donors (Lipinski definition) is 1. The average molecular weight is 278 g/mol. The van der Waals surface area contributed by atoms with Crippen LogP contribution in [0.2, 0.25) is 0 Å². The van der Waals surface area contributed by atoms with Crippen LogP contribution in [0.25, 0.3) is 0 Å². The summed E-state index contributed by atoms with van der Waals surface area (Å²) in [6.07, 6.45) is 2.18. The van der Waals surface area contributed by atoms with Crippen LogP contribution in [-0.4, -0.2) is 23.6 Å². The lowest BCUT2D eigenvalue weighted by Crippen LogP contribution is -2.14. The fourth-order valence-corrected chi connectivity index (χ4v) is 2.51. The summed E-state index contributed by atoms with van der Waals surface area (Å²) in [5.41, 5.74) is 1.32. The fraction of sp³-hybridized carbons (Fsp3) is 0.231. The van der Waals surface area contributed by atoms with E-state index in [0.29, 0.717) is 24.5 Å². The minimum Gasteiger partial charge on any atom is -0.450 e. The second-order valence-electron chi connectivity index (χ2n) is 3.78. The molecule has 2 aromatic rings. The van der Waals surface area contributed by atoms with Crippen molar-refractivity contribution in [1.82, 2.24) is 4.57 Å². The van der Waals surface area contributed by atoms with Crippen molar-refractivity contribution < 1.29 is 14.3 Å². The summed E-state index contributed by atoms with van der Waals surface area (Å²) in [6, 6.07) is 5.38. The first-order valence-electron chi connectivity index (χ1n) is 5.85. The van der Waals surface area contributed by atoms with E-state index >= 15 is 0 Å². The van der Waals surface area contributed by atoms with Gasteiger partial charge in [-0.2, -0.15) is 0 Å². The van der Waals surface area contributed by atoms with Crippen molar-refractivity contribution in [3.05, 3.63) is 40.3 Å². The molecule has 0 radical (unpaired) electrons. The van der Waals surface area contributed by atoms with Gasteiger partial charge in [-0.25, -0.2) is 4.79 Å². The zero-order chi connectivity index (χ0) is 13.7. The summed E-state index contributed by atoms with van der Waals surface area (Å²) in [4.78, 5) is 23.2. The van der Waals surface area contributed by atoms with Gasteiger partial charge in [0.15, 0.2) is 6.29 Å². The molecule has 5 nitrogen and oxygen atoms in total. The van der Waals surface area contributed by atoms with Crippen molar-refractivity contribution in [3.8, 4) is 0 Å². The van der Waals surface area contributed by atoms with Gasteiger partial charge in [-0.15, -0.1) is 11.3 Å². The van der Waals surface area contributed by atoms with Crippen LogP contribution in [0.1, 0.15) is 22.3 Å². The number of carbonyl (C=O) groups is 2. The zero-order valence-electron chi connectivity index (χ0n) is 10.5. The number of aromatic nitrogens is 1. The lowest BCUT2D eigenvalue weighted by molar-refractivity contribution is 0.111. The maximum absolute atomic E-state index is 11.4. The van der Waals surface area contributed by atoms with E-state index in [-0.39, 0.29) is 0 Å². The van der Waals surface area contributed by atoms with Gasteiger partial charge < -0.3 is 9.30 Å². The van der Waals surface area contributed by atoms with Crippen LogP contribution in [0.15, 0.2) is 29.8 Å². The second-order valence-corrected chi connectivity index (χ2v) is 4.78. The average Bonchev–Trinajstić information content (AvgIpc) is 3.00. The zero-order valence-corrected chi connectivity index (χ0v) is 11.3. The Hall–Kier alpha value is -2.08. The highest BCUT2D eigenvalue weighted by atomic mass is 32.1. The van der Waals surface area contributed by atoms with Crippen LogP contribution in [0, 0.1) is 0 Å². The van der Waals surface area contributed by atoms with Gasteiger partial charge >= 0.3 is 6.09 Å². The van der Waals surface area contributed by atoms with E-state index in [0.717, 1.165) is 11.2 Å². The first-order chi connectivity index (χ1) is 9.24. The van der Waals surface area contributed by atoms with Crippen molar-refractivity contribution in [3.63, 3.8) is 0 Å². The van der Waals surface area contributed by atoms with Crippen LogP contribution < -0.4 is 5.32 Å². The molecular weight excluding hydrogens is 264 g/mol. The van der Waals surface area contributed by atoms with Gasteiger partial charge in [0.1, 0.15) is 0 Å². The van der Waals surface area contributed by atoms with E-state index < -0.39 is 6.09 Å². The van der Waals surface area contributed by atoms with Gasteiger partial charge in [0.25, 0.3) is 0 Å². The molecule has 6 heteroatoms.